The normalized spacial score (nSPS) is 13.4. The molecular formula is C6H10N2OS. The van der Waals surface area contributed by atoms with Crippen molar-refractivity contribution >= 4 is 11.3 Å². The summed E-state index contributed by atoms with van der Waals surface area (Å²) in [6.45, 7) is 2.01. The molecule has 0 aromatic carbocycles. The van der Waals surface area contributed by atoms with Gasteiger partial charge < -0.3 is 10.3 Å². The molecule has 10 heavy (non-hydrogen) atoms. The minimum Gasteiger partial charge on any atom is -0.319 e. The number of aromatic nitrogens is 1. The summed E-state index contributed by atoms with van der Waals surface area (Å²) in [4.78, 5) is 14.3. The smallest absolute Gasteiger partial charge is 0.304 e. The molecule has 1 aromatic heterocycles. The van der Waals surface area contributed by atoms with Crippen molar-refractivity contribution in [1.29, 1.82) is 0 Å². The van der Waals surface area contributed by atoms with Gasteiger partial charge in [0.25, 0.3) is 0 Å². The Balaban J connectivity index is 2.84. The Labute approximate surface area is 63.1 Å². The van der Waals surface area contributed by atoms with Gasteiger partial charge in [0, 0.05) is 17.1 Å². The summed E-state index contributed by atoms with van der Waals surface area (Å²) in [5, 5.41) is 3.05. The molecule has 0 fully saturated rings. The van der Waals surface area contributed by atoms with E-state index in [0.717, 1.165) is 4.88 Å². The summed E-state index contributed by atoms with van der Waals surface area (Å²) in [5.74, 6) is 0. The zero-order valence-electron chi connectivity index (χ0n) is 5.97. The van der Waals surface area contributed by atoms with Crippen molar-refractivity contribution in [2.75, 3.05) is 7.05 Å². The second-order valence-electron chi connectivity index (χ2n) is 2.09. The molecule has 0 aliphatic rings. The maximum atomic E-state index is 10.6. The van der Waals surface area contributed by atoms with E-state index in [9.17, 15) is 4.79 Å². The lowest BCUT2D eigenvalue weighted by Gasteiger charge is -2.03. The van der Waals surface area contributed by atoms with E-state index >= 15 is 0 Å². The van der Waals surface area contributed by atoms with Crippen LogP contribution < -0.4 is 10.2 Å². The molecule has 0 radical (unpaired) electrons. The van der Waals surface area contributed by atoms with Crippen LogP contribution in [0.15, 0.2) is 11.0 Å². The maximum absolute atomic E-state index is 10.6. The summed E-state index contributed by atoms with van der Waals surface area (Å²) >= 11 is 1.25. The van der Waals surface area contributed by atoms with Crippen LogP contribution in [0.3, 0.4) is 0 Å². The Morgan fingerprint density at radius 3 is 2.90 bits per heavy atom. The maximum Gasteiger partial charge on any atom is 0.304 e. The van der Waals surface area contributed by atoms with Crippen LogP contribution in [0.2, 0.25) is 0 Å². The molecule has 3 nitrogen and oxygen atoms in total. The first-order valence-electron chi connectivity index (χ1n) is 3.09. The van der Waals surface area contributed by atoms with Crippen molar-refractivity contribution in [2.24, 2.45) is 0 Å². The minimum atomic E-state index is 0.0112. The van der Waals surface area contributed by atoms with Crippen molar-refractivity contribution in [3.63, 3.8) is 0 Å². The third-order valence-electron chi connectivity index (χ3n) is 1.40. The van der Waals surface area contributed by atoms with E-state index in [1.54, 1.807) is 6.20 Å². The van der Waals surface area contributed by atoms with Crippen LogP contribution in [0.5, 0.6) is 0 Å². The number of hydrogen-bond acceptors (Lipinski definition) is 3. The van der Waals surface area contributed by atoms with Crippen molar-refractivity contribution in [2.45, 2.75) is 13.0 Å². The Kier molecular flexibility index (Phi) is 2.24. The van der Waals surface area contributed by atoms with Crippen molar-refractivity contribution < 1.29 is 0 Å². The molecule has 0 aliphatic heterocycles. The Morgan fingerprint density at radius 1 is 1.80 bits per heavy atom. The second kappa shape index (κ2) is 2.98. The summed E-state index contributed by atoms with van der Waals surface area (Å²) in [6, 6.07) is 0.268. The molecule has 1 unspecified atom stereocenters. The Bertz CT molecular complexity index is 252. The number of thiazole rings is 1. The standard InChI is InChI=1S/C6H10N2OS/c1-4(7-2)5-3-8-6(9)10-5/h3-4,7H,1-2H3,(H,8,9). The van der Waals surface area contributed by atoms with E-state index in [-0.39, 0.29) is 10.9 Å². The van der Waals surface area contributed by atoms with Gasteiger partial charge in [0.2, 0.25) is 0 Å². The van der Waals surface area contributed by atoms with E-state index in [0.29, 0.717) is 0 Å². The van der Waals surface area contributed by atoms with Crippen LogP contribution in [0.1, 0.15) is 17.8 Å². The van der Waals surface area contributed by atoms with E-state index in [1.807, 2.05) is 14.0 Å². The molecule has 0 aliphatic carbocycles. The first-order chi connectivity index (χ1) is 4.74. The molecule has 0 bridgehead atoms. The van der Waals surface area contributed by atoms with Crippen LogP contribution in [0, 0.1) is 0 Å². The van der Waals surface area contributed by atoms with E-state index in [1.165, 1.54) is 11.3 Å². The predicted octanol–water partition coefficient (Wildman–Crippen LogP) is 0.717. The van der Waals surface area contributed by atoms with Crippen LogP contribution in [-0.2, 0) is 0 Å². The fourth-order valence-electron chi connectivity index (χ4n) is 0.652. The summed E-state index contributed by atoms with van der Waals surface area (Å²) in [6.07, 6.45) is 1.74. The molecule has 4 heteroatoms. The highest BCUT2D eigenvalue weighted by Gasteiger charge is 2.03. The van der Waals surface area contributed by atoms with Gasteiger partial charge in [-0.05, 0) is 14.0 Å². The number of nitrogens with one attached hydrogen (secondary N) is 2. The zero-order chi connectivity index (χ0) is 7.56. The van der Waals surface area contributed by atoms with Gasteiger partial charge >= 0.3 is 4.87 Å². The molecule has 0 spiro atoms. The highest BCUT2D eigenvalue weighted by Crippen LogP contribution is 2.11. The van der Waals surface area contributed by atoms with E-state index in [2.05, 4.69) is 10.3 Å². The quantitative estimate of drug-likeness (QED) is 0.666. The van der Waals surface area contributed by atoms with Crippen molar-refractivity contribution in [3.8, 4) is 0 Å². The first-order valence-corrected chi connectivity index (χ1v) is 3.91. The Morgan fingerprint density at radius 2 is 2.50 bits per heavy atom. The Hall–Kier alpha value is -0.610. The average Bonchev–Trinajstić information content (AvgIpc) is 2.34. The van der Waals surface area contributed by atoms with E-state index in [4.69, 9.17) is 0 Å². The van der Waals surface area contributed by atoms with Gasteiger partial charge in [-0.2, -0.15) is 0 Å². The largest absolute Gasteiger partial charge is 0.319 e. The number of H-pyrrole nitrogens is 1. The lowest BCUT2D eigenvalue weighted by Crippen LogP contribution is -2.10. The highest BCUT2D eigenvalue weighted by atomic mass is 32.1. The number of rotatable bonds is 2. The predicted molar refractivity (Wildman–Crippen MR) is 42.4 cm³/mol. The SMILES string of the molecule is CNC(C)c1c[nH]c(=O)s1. The zero-order valence-corrected chi connectivity index (χ0v) is 6.79. The first kappa shape index (κ1) is 7.50. The van der Waals surface area contributed by atoms with Crippen LogP contribution >= 0.6 is 11.3 Å². The molecule has 2 N–H and O–H groups in total. The summed E-state index contributed by atoms with van der Waals surface area (Å²) in [5.41, 5.74) is 0. The van der Waals surface area contributed by atoms with Crippen LogP contribution in [-0.4, -0.2) is 12.0 Å². The van der Waals surface area contributed by atoms with Crippen LogP contribution in [0.4, 0.5) is 0 Å². The lowest BCUT2D eigenvalue weighted by molar-refractivity contribution is 0.662. The molecule has 0 amide bonds. The molecule has 0 saturated carbocycles. The van der Waals surface area contributed by atoms with Gasteiger partial charge in [0.05, 0.1) is 0 Å². The van der Waals surface area contributed by atoms with Gasteiger partial charge in [0.15, 0.2) is 0 Å². The fourth-order valence-corrected chi connectivity index (χ4v) is 1.40. The molecule has 0 saturated heterocycles. The van der Waals surface area contributed by atoms with Gasteiger partial charge in [0.1, 0.15) is 0 Å². The minimum absolute atomic E-state index is 0.0112. The molecular weight excluding hydrogens is 148 g/mol. The topological polar surface area (TPSA) is 44.9 Å². The third-order valence-corrected chi connectivity index (χ3v) is 2.41. The number of hydrogen-bond donors (Lipinski definition) is 2. The van der Waals surface area contributed by atoms with Crippen molar-refractivity contribution in [1.82, 2.24) is 10.3 Å². The van der Waals surface area contributed by atoms with Crippen LogP contribution in [0.25, 0.3) is 0 Å². The van der Waals surface area contributed by atoms with Gasteiger partial charge in [-0.15, -0.1) is 0 Å². The molecule has 56 valence electrons. The van der Waals surface area contributed by atoms with E-state index < -0.39 is 0 Å². The van der Waals surface area contributed by atoms with Gasteiger partial charge in [-0.1, -0.05) is 11.3 Å². The average molecular weight is 158 g/mol. The summed E-state index contributed by atoms with van der Waals surface area (Å²) in [7, 11) is 1.87. The van der Waals surface area contributed by atoms with Gasteiger partial charge in [-0.3, -0.25) is 4.79 Å². The lowest BCUT2D eigenvalue weighted by atomic mass is 10.3. The molecule has 1 heterocycles. The van der Waals surface area contributed by atoms with Crippen molar-refractivity contribution in [3.05, 3.63) is 20.7 Å². The highest BCUT2D eigenvalue weighted by molar-refractivity contribution is 7.09. The molecule has 1 aromatic rings. The van der Waals surface area contributed by atoms with Gasteiger partial charge in [-0.25, -0.2) is 0 Å². The second-order valence-corrected chi connectivity index (χ2v) is 3.14. The molecule has 1 atom stereocenters. The summed E-state index contributed by atoms with van der Waals surface area (Å²) < 4.78 is 0. The fraction of sp³-hybridized carbons (Fsp3) is 0.500. The molecule has 1 rings (SSSR count). The third kappa shape index (κ3) is 1.46. The monoisotopic (exact) mass is 158 g/mol. The number of aromatic amines is 1.